The van der Waals surface area contributed by atoms with Crippen molar-refractivity contribution < 1.29 is 24.5 Å². The number of aromatic nitrogens is 2. The van der Waals surface area contributed by atoms with E-state index in [1.165, 1.54) is 16.7 Å². The monoisotopic (exact) mass is 797 g/mol. The maximum Gasteiger partial charge on any atom is 0.138 e. The van der Waals surface area contributed by atoms with Gasteiger partial charge in [0.2, 0.25) is 0 Å². The zero-order valence-electron chi connectivity index (χ0n) is 26.6. The van der Waals surface area contributed by atoms with Crippen LogP contribution >= 0.6 is 0 Å². The third kappa shape index (κ3) is 7.11. The fourth-order valence-corrected chi connectivity index (χ4v) is 5.74. The Bertz CT molecular complexity index is 2210. The molecular formula is C44H32IrN2O-2. The number of benzene rings is 5. The number of nitrogens with zero attached hydrogens (tertiary/aromatic N) is 2. The molecule has 0 atom stereocenters. The predicted octanol–water partition coefficient (Wildman–Crippen LogP) is 11.5. The molecule has 0 saturated heterocycles. The quantitative estimate of drug-likeness (QED) is 0.163. The fourth-order valence-electron chi connectivity index (χ4n) is 5.74. The number of furan rings is 1. The number of hydrogen-bond acceptors (Lipinski definition) is 3. The average molecular weight is 797 g/mol. The van der Waals surface area contributed by atoms with Crippen molar-refractivity contribution >= 4 is 11.0 Å². The van der Waals surface area contributed by atoms with Crippen LogP contribution in [-0.2, 0) is 20.1 Å². The first-order chi connectivity index (χ1) is 23.1. The van der Waals surface area contributed by atoms with Crippen LogP contribution in [0.3, 0.4) is 0 Å². The first-order valence-electron chi connectivity index (χ1n) is 15.7. The summed E-state index contributed by atoms with van der Waals surface area (Å²) in [6, 6.07) is 55.8. The molecule has 0 aliphatic heterocycles. The molecule has 235 valence electrons. The van der Waals surface area contributed by atoms with Crippen LogP contribution in [0, 0.1) is 26.0 Å². The van der Waals surface area contributed by atoms with Gasteiger partial charge in [-0.15, -0.1) is 65.2 Å². The van der Waals surface area contributed by atoms with Crippen molar-refractivity contribution in [3.63, 3.8) is 0 Å². The minimum Gasteiger partial charge on any atom is -0.456 e. The van der Waals surface area contributed by atoms with E-state index in [9.17, 15) is 0 Å². The van der Waals surface area contributed by atoms with Crippen LogP contribution in [0.5, 0.6) is 0 Å². The van der Waals surface area contributed by atoms with Gasteiger partial charge in [0.1, 0.15) is 11.3 Å². The van der Waals surface area contributed by atoms with Gasteiger partial charge in [0.05, 0.1) is 0 Å². The van der Waals surface area contributed by atoms with Crippen LogP contribution in [0.2, 0.25) is 0 Å². The van der Waals surface area contributed by atoms with Crippen molar-refractivity contribution in [1.82, 2.24) is 9.97 Å². The van der Waals surface area contributed by atoms with Crippen LogP contribution in [0.4, 0.5) is 0 Å². The van der Waals surface area contributed by atoms with Crippen molar-refractivity contribution in [3.05, 3.63) is 181 Å². The second-order valence-electron chi connectivity index (χ2n) is 11.4. The van der Waals surface area contributed by atoms with Gasteiger partial charge in [-0.3, -0.25) is 0 Å². The largest absolute Gasteiger partial charge is 0.456 e. The van der Waals surface area contributed by atoms with Gasteiger partial charge in [-0.1, -0.05) is 97.4 Å². The van der Waals surface area contributed by atoms with Crippen molar-refractivity contribution in [1.29, 1.82) is 0 Å². The third-order valence-corrected chi connectivity index (χ3v) is 8.23. The third-order valence-electron chi connectivity index (χ3n) is 8.23. The zero-order valence-corrected chi connectivity index (χ0v) is 29.0. The standard InChI is InChI=1S/C33H24NO.C11H8N.Ir/c1-22-13-14-28(31-21-26(17-18-34-31)24-9-5-3-6-10-24)20-29(22)27-15-16-32-30(19-27)23(2)33(35-32)25-11-7-4-8-12-25;1-2-6-10(7-3-1)11-8-4-5-9-12-11;/h3-13,15-21H,1-2H3;1-6,8-9H;/q2*-1;. The summed E-state index contributed by atoms with van der Waals surface area (Å²) >= 11 is 0. The molecule has 3 aromatic heterocycles. The molecular weight excluding hydrogens is 765 g/mol. The molecule has 8 aromatic rings. The second-order valence-corrected chi connectivity index (χ2v) is 11.4. The van der Waals surface area contributed by atoms with Gasteiger partial charge in [-0.2, -0.15) is 0 Å². The van der Waals surface area contributed by atoms with Crippen LogP contribution in [0.15, 0.2) is 162 Å². The molecule has 0 aliphatic rings. The summed E-state index contributed by atoms with van der Waals surface area (Å²) in [7, 11) is 0. The Morgan fingerprint density at radius 3 is 2.00 bits per heavy atom. The minimum atomic E-state index is 0. The van der Waals surface area contributed by atoms with E-state index in [-0.39, 0.29) is 20.1 Å². The van der Waals surface area contributed by atoms with Gasteiger partial charge < -0.3 is 14.4 Å². The van der Waals surface area contributed by atoms with Crippen molar-refractivity contribution in [2.75, 3.05) is 0 Å². The topological polar surface area (TPSA) is 38.9 Å². The first kappa shape index (κ1) is 32.5. The van der Waals surface area contributed by atoms with Crippen molar-refractivity contribution in [3.8, 4) is 56.1 Å². The molecule has 3 nitrogen and oxygen atoms in total. The number of fused-ring (bicyclic) bond motifs is 1. The van der Waals surface area contributed by atoms with Gasteiger partial charge in [0.15, 0.2) is 0 Å². The van der Waals surface area contributed by atoms with E-state index in [2.05, 4.69) is 109 Å². The van der Waals surface area contributed by atoms with Crippen molar-refractivity contribution in [2.24, 2.45) is 0 Å². The minimum absolute atomic E-state index is 0. The summed E-state index contributed by atoms with van der Waals surface area (Å²) in [5.74, 6) is 0.929. The number of aryl methyl sites for hydroxylation is 2. The Balaban J connectivity index is 0.000000260. The molecule has 8 rings (SSSR count). The molecule has 0 amide bonds. The van der Waals surface area contributed by atoms with Gasteiger partial charge in [0.25, 0.3) is 0 Å². The molecule has 0 aliphatic carbocycles. The van der Waals surface area contributed by atoms with Gasteiger partial charge in [-0.25, -0.2) is 0 Å². The molecule has 0 spiro atoms. The maximum absolute atomic E-state index is 6.24. The van der Waals surface area contributed by atoms with Crippen molar-refractivity contribution in [2.45, 2.75) is 13.8 Å². The van der Waals surface area contributed by atoms with E-state index < -0.39 is 0 Å². The van der Waals surface area contributed by atoms with Crippen LogP contribution < -0.4 is 0 Å². The Morgan fingerprint density at radius 1 is 0.542 bits per heavy atom. The summed E-state index contributed by atoms with van der Waals surface area (Å²) in [6.07, 6.45) is 3.66. The molecule has 0 bridgehead atoms. The first-order valence-corrected chi connectivity index (χ1v) is 15.7. The number of pyridine rings is 2. The van der Waals surface area contributed by atoms with E-state index >= 15 is 0 Å². The van der Waals surface area contributed by atoms with E-state index in [1.54, 1.807) is 6.20 Å². The van der Waals surface area contributed by atoms with Gasteiger partial charge >= 0.3 is 0 Å². The molecule has 48 heavy (non-hydrogen) atoms. The predicted molar refractivity (Wildman–Crippen MR) is 193 cm³/mol. The molecule has 0 unspecified atom stereocenters. The molecule has 5 aromatic carbocycles. The summed E-state index contributed by atoms with van der Waals surface area (Å²) in [5, 5.41) is 1.14. The Kier molecular flexibility index (Phi) is 10.2. The maximum atomic E-state index is 6.24. The Labute approximate surface area is 295 Å². The number of hydrogen-bond donors (Lipinski definition) is 0. The molecule has 0 saturated carbocycles. The average Bonchev–Trinajstić information content (AvgIpc) is 3.49. The van der Waals surface area contributed by atoms with Gasteiger partial charge in [0, 0.05) is 49.0 Å². The Hall–Kier alpha value is -5.41. The normalized spacial score (nSPS) is 10.5. The zero-order chi connectivity index (χ0) is 32.0. The van der Waals surface area contributed by atoms with Crippen LogP contribution in [0.1, 0.15) is 11.1 Å². The molecule has 3 heterocycles. The summed E-state index contributed by atoms with van der Waals surface area (Å²) in [6.45, 7) is 4.26. The fraction of sp³-hybridized carbons (Fsp3) is 0.0455. The smallest absolute Gasteiger partial charge is 0.138 e. The van der Waals surface area contributed by atoms with Gasteiger partial charge in [-0.05, 0) is 59.3 Å². The van der Waals surface area contributed by atoms with E-state index in [0.29, 0.717) is 0 Å². The Morgan fingerprint density at radius 2 is 1.27 bits per heavy atom. The van der Waals surface area contributed by atoms with E-state index in [4.69, 9.17) is 4.42 Å². The number of rotatable bonds is 5. The summed E-state index contributed by atoms with van der Waals surface area (Å²) < 4.78 is 6.24. The molecule has 0 fully saturated rings. The molecule has 1 radical (unpaired) electrons. The summed E-state index contributed by atoms with van der Waals surface area (Å²) in [4.78, 5) is 8.87. The molecule has 4 heteroatoms. The summed E-state index contributed by atoms with van der Waals surface area (Å²) in [5.41, 5.74) is 12.9. The van der Waals surface area contributed by atoms with E-state index in [1.807, 2.05) is 79.0 Å². The van der Waals surface area contributed by atoms with Crippen LogP contribution in [-0.4, -0.2) is 9.97 Å². The molecule has 0 N–H and O–H groups in total. The van der Waals surface area contributed by atoms with E-state index in [0.717, 1.165) is 61.5 Å². The van der Waals surface area contributed by atoms with Crippen LogP contribution in [0.25, 0.3) is 67.1 Å². The SMILES string of the molecule is Cc1c[c-]c(-c2cc(-c3ccccc3)ccn2)cc1-c1ccc2oc(-c3ccccc3)c(C)c2c1.[Ir].[c-]1ccccc1-c1ccccn1. The second kappa shape index (κ2) is 15.0.